The van der Waals surface area contributed by atoms with Crippen molar-refractivity contribution in [3.05, 3.63) is 47.5 Å². The molecule has 0 radical (unpaired) electrons. The minimum Gasteiger partial charge on any atom is -0.484 e. The first-order chi connectivity index (χ1) is 8.56. The average molecular weight is 249 g/mol. The second kappa shape index (κ2) is 5.18. The van der Waals surface area contributed by atoms with Gasteiger partial charge in [-0.05, 0) is 30.7 Å². The Labute approximate surface area is 105 Å². The van der Waals surface area contributed by atoms with Gasteiger partial charge in [0.05, 0.1) is 5.69 Å². The van der Waals surface area contributed by atoms with Gasteiger partial charge in [-0.2, -0.15) is 5.10 Å². The van der Waals surface area contributed by atoms with Gasteiger partial charge in [0, 0.05) is 19.3 Å². The molecule has 0 spiro atoms. The molecule has 1 atom stereocenters. The molecular formula is C13H16FN3O. The third-order valence-corrected chi connectivity index (χ3v) is 2.63. The van der Waals surface area contributed by atoms with E-state index in [2.05, 4.69) is 5.10 Å². The summed E-state index contributed by atoms with van der Waals surface area (Å²) in [5.74, 6) is -0.189. The number of aryl methyl sites for hydroxylation is 1. The van der Waals surface area contributed by atoms with Crippen LogP contribution in [0.4, 0.5) is 4.39 Å². The van der Waals surface area contributed by atoms with E-state index in [4.69, 9.17) is 10.5 Å². The maximum Gasteiger partial charge on any atom is 0.165 e. The summed E-state index contributed by atoms with van der Waals surface area (Å²) in [6.45, 7) is 2.05. The molecule has 2 N–H and O–H groups in total. The third kappa shape index (κ3) is 2.87. The Hall–Kier alpha value is -1.88. The first-order valence-electron chi connectivity index (χ1n) is 5.72. The molecule has 0 amide bonds. The zero-order chi connectivity index (χ0) is 13.1. The molecule has 96 valence electrons. The van der Waals surface area contributed by atoms with Crippen LogP contribution in [0.5, 0.6) is 5.75 Å². The third-order valence-electron chi connectivity index (χ3n) is 2.63. The van der Waals surface area contributed by atoms with E-state index in [9.17, 15) is 4.39 Å². The topological polar surface area (TPSA) is 53.1 Å². The van der Waals surface area contributed by atoms with Crippen LogP contribution in [0.2, 0.25) is 0 Å². The van der Waals surface area contributed by atoms with Crippen molar-refractivity contribution >= 4 is 0 Å². The summed E-state index contributed by atoms with van der Waals surface area (Å²) in [7, 11) is 1.82. The lowest BCUT2D eigenvalue weighted by molar-refractivity contribution is 0.284. The first-order valence-corrected chi connectivity index (χ1v) is 5.72. The number of benzene rings is 1. The molecule has 0 fully saturated rings. The smallest absolute Gasteiger partial charge is 0.165 e. The van der Waals surface area contributed by atoms with E-state index in [1.807, 2.05) is 26.2 Å². The maximum absolute atomic E-state index is 13.7. The highest BCUT2D eigenvalue weighted by molar-refractivity contribution is 5.30. The molecule has 2 aromatic rings. The first kappa shape index (κ1) is 12.6. The van der Waals surface area contributed by atoms with Crippen molar-refractivity contribution in [3.8, 4) is 5.75 Å². The predicted molar refractivity (Wildman–Crippen MR) is 66.5 cm³/mol. The normalized spacial score (nSPS) is 12.4. The average Bonchev–Trinajstić information content (AvgIpc) is 2.73. The minimum absolute atomic E-state index is 0.190. The summed E-state index contributed by atoms with van der Waals surface area (Å²) in [5.41, 5.74) is 7.19. The lowest BCUT2D eigenvalue weighted by Gasteiger charge is -2.09. The molecule has 18 heavy (non-hydrogen) atoms. The van der Waals surface area contributed by atoms with Gasteiger partial charge in [-0.15, -0.1) is 0 Å². The summed E-state index contributed by atoms with van der Waals surface area (Å²) in [6, 6.07) is 6.40. The van der Waals surface area contributed by atoms with Gasteiger partial charge < -0.3 is 10.5 Å². The Bertz CT molecular complexity index is 537. The van der Waals surface area contributed by atoms with Crippen LogP contribution < -0.4 is 10.5 Å². The number of nitrogens with two attached hydrogens (primary N) is 1. The molecule has 1 heterocycles. The zero-order valence-corrected chi connectivity index (χ0v) is 10.4. The molecule has 0 saturated heterocycles. The van der Waals surface area contributed by atoms with E-state index >= 15 is 0 Å². The van der Waals surface area contributed by atoms with Crippen molar-refractivity contribution in [2.45, 2.75) is 19.6 Å². The minimum atomic E-state index is -0.402. The number of aromatic nitrogens is 2. The van der Waals surface area contributed by atoms with E-state index in [-0.39, 0.29) is 18.4 Å². The van der Waals surface area contributed by atoms with Gasteiger partial charge in [0.25, 0.3) is 0 Å². The molecular weight excluding hydrogens is 233 g/mol. The van der Waals surface area contributed by atoms with Crippen molar-refractivity contribution in [1.29, 1.82) is 0 Å². The highest BCUT2D eigenvalue weighted by atomic mass is 19.1. The van der Waals surface area contributed by atoms with Crippen molar-refractivity contribution in [2.75, 3.05) is 0 Å². The van der Waals surface area contributed by atoms with Crippen LogP contribution in [0.25, 0.3) is 0 Å². The fraction of sp³-hybridized carbons (Fsp3) is 0.308. The molecule has 5 heteroatoms. The van der Waals surface area contributed by atoms with Crippen LogP contribution in [0.1, 0.15) is 24.2 Å². The van der Waals surface area contributed by atoms with Crippen LogP contribution in [0.3, 0.4) is 0 Å². The summed E-state index contributed by atoms with van der Waals surface area (Å²) < 4.78 is 20.8. The highest BCUT2D eigenvalue weighted by Crippen LogP contribution is 2.21. The molecule has 0 bridgehead atoms. The zero-order valence-electron chi connectivity index (χ0n) is 10.4. The Morgan fingerprint density at radius 1 is 1.44 bits per heavy atom. The van der Waals surface area contributed by atoms with Crippen molar-refractivity contribution in [3.63, 3.8) is 0 Å². The molecule has 0 aliphatic heterocycles. The van der Waals surface area contributed by atoms with Gasteiger partial charge in [0.2, 0.25) is 0 Å². The van der Waals surface area contributed by atoms with Crippen LogP contribution in [-0.4, -0.2) is 9.78 Å². The molecule has 0 aliphatic rings. The van der Waals surface area contributed by atoms with E-state index in [1.54, 1.807) is 16.8 Å². The van der Waals surface area contributed by atoms with E-state index in [0.29, 0.717) is 0 Å². The Balaban J connectivity index is 2.05. The number of hydrogen-bond acceptors (Lipinski definition) is 3. The molecule has 2 rings (SSSR count). The summed E-state index contributed by atoms with van der Waals surface area (Å²) >= 11 is 0. The Morgan fingerprint density at radius 2 is 2.22 bits per heavy atom. The van der Waals surface area contributed by atoms with Gasteiger partial charge in [-0.25, -0.2) is 4.39 Å². The standard InChI is InChI=1S/C13H16FN3O/c1-9(15)10-3-4-13(12(14)7-10)18-8-11-5-6-17(2)16-11/h3-7,9H,8,15H2,1-2H3. The van der Waals surface area contributed by atoms with Gasteiger partial charge >= 0.3 is 0 Å². The number of rotatable bonds is 4. The molecule has 1 unspecified atom stereocenters. The number of nitrogens with zero attached hydrogens (tertiary/aromatic N) is 2. The van der Waals surface area contributed by atoms with Crippen LogP contribution in [0.15, 0.2) is 30.5 Å². The predicted octanol–water partition coefficient (Wildman–Crippen LogP) is 2.16. The SMILES string of the molecule is CC(N)c1ccc(OCc2ccn(C)n2)c(F)c1. The molecule has 4 nitrogen and oxygen atoms in total. The second-order valence-corrected chi connectivity index (χ2v) is 4.25. The maximum atomic E-state index is 13.7. The lowest BCUT2D eigenvalue weighted by Crippen LogP contribution is -2.06. The van der Waals surface area contributed by atoms with Crippen molar-refractivity contribution in [2.24, 2.45) is 12.8 Å². The number of ether oxygens (including phenoxy) is 1. The largest absolute Gasteiger partial charge is 0.484 e. The molecule has 1 aromatic heterocycles. The summed E-state index contributed by atoms with van der Waals surface area (Å²) in [5, 5.41) is 4.15. The summed E-state index contributed by atoms with van der Waals surface area (Å²) in [6.07, 6.45) is 1.81. The van der Waals surface area contributed by atoms with Gasteiger partial charge in [0.1, 0.15) is 6.61 Å². The monoisotopic (exact) mass is 249 g/mol. The van der Waals surface area contributed by atoms with E-state index < -0.39 is 5.82 Å². The Morgan fingerprint density at radius 3 is 2.78 bits per heavy atom. The second-order valence-electron chi connectivity index (χ2n) is 4.25. The van der Waals surface area contributed by atoms with Crippen LogP contribution >= 0.6 is 0 Å². The lowest BCUT2D eigenvalue weighted by atomic mass is 10.1. The Kier molecular flexibility index (Phi) is 3.62. The van der Waals surface area contributed by atoms with Crippen molar-refractivity contribution in [1.82, 2.24) is 9.78 Å². The fourth-order valence-corrected chi connectivity index (χ4v) is 1.61. The highest BCUT2D eigenvalue weighted by Gasteiger charge is 2.08. The van der Waals surface area contributed by atoms with Crippen LogP contribution in [-0.2, 0) is 13.7 Å². The van der Waals surface area contributed by atoms with Gasteiger partial charge in [-0.1, -0.05) is 6.07 Å². The summed E-state index contributed by atoms with van der Waals surface area (Å²) in [4.78, 5) is 0. The fourth-order valence-electron chi connectivity index (χ4n) is 1.61. The van der Waals surface area contributed by atoms with Crippen LogP contribution in [0, 0.1) is 5.82 Å². The van der Waals surface area contributed by atoms with Gasteiger partial charge in [-0.3, -0.25) is 4.68 Å². The van der Waals surface area contributed by atoms with Crippen molar-refractivity contribution < 1.29 is 9.13 Å². The quantitative estimate of drug-likeness (QED) is 0.903. The number of halogens is 1. The molecule has 1 aromatic carbocycles. The number of hydrogen-bond donors (Lipinski definition) is 1. The van der Waals surface area contributed by atoms with E-state index in [0.717, 1.165) is 11.3 Å². The van der Waals surface area contributed by atoms with Gasteiger partial charge in [0.15, 0.2) is 11.6 Å². The molecule has 0 aliphatic carbocycles. The van der Waals surface area contributed by atoms with E-state index in [1.165, 1.54) is 6.07 Å². The molecule has 0 saturated carbocycles.